The Kier molecular flexibility index (Phi) is 6.16. The van der Waals surface area contributed by atoms with E-state index in [9.17, 15) is 14.9 Å². The molecular weight excluding hydrogens is 382 g/mol. The van der Waals surface area contributed by atoms with Gasteiger partial charge in [0.1, 0.15) is 11.4 Å². The van der Waals surface area contributed by atoms with E-state index in [1.54, 1.807) is 35.2 Å². The fourth-order valence-corrected chi connectivity index (χ4v) is 3.18. The average molecular weight is 402 g/mol. The van der Waals surface area contributed by atoms with Crippen LogP contribution in [-0.2, 0) is 4.79 Å². The Morgan fingerprint density at radius 1 is 1.14 bits per heavy atom. The average Bonchev–Trinajstić information content (AvgIpc) is 2.72. The normalized spacial score (nSPS) is 14.4. The summed E-state index contributed by atoms with van der Waals surface area (Å²) < 4.78 is 5.07. The number of carbonyl (C=O) groups is 1. The van der Waals surface area contributed by atoms with E-state index in [4.69, 9.17) is 16.3 Å². The molecule has 1 fully saturated rings. The van der Waals surface area contributed by atoms with Crippen molar-refractivity contribution < 1.29 is 14.5 Å². The zero-order chi connectivity index (χ0) is 20.1. The third kappa shape index (κ3) is 4.61. The third-order valence-corrected chi connectivity index (χ3v) is 4.85. The molecule has 8 heteroatoms. The second-order valence-electron chi connectivity index (χ2n) is 6.31. The Labute approximate surface area is 167 Å². The van der Waals surface area contributed by atoms with Crippen LogP contribution in [0.15, 0.2) is 48.5 Å². The van der Waals surface area contributed by atoms with Crippen LogP contribution in [0.2, 0.25) is 5.02 Å². The summed E-state index contributed by atoms with van der Waals surface area (Å²) in [5.74, 6) is 0.357. The predicted octanol–water partition coefficient (Wildman–Crippen LogP) is 3.62. The molecule has 0 atom stereocenters. The lowest BCUT2D eigenvalue weighted by atomic mass is 10.2. The quantitative estimate of drug-likeness (QED) is 0.434. The second-order valence-corrected chi connectivity index (χ2v) is 6.75. The summed E-state index contributed by atoms with van der Waals surface area (Å²) in [6.45, 7) is 2.03. The van der Waals surface area contributed by atoms with Gasteiger partial charge in [0.2, 0.25) is 5.91 Å². The molecular formula is C20H20ClN3O4. The van der Waals surface area contributed by atoms with Gasteiger partial charge in [-0.15, -0.1) is 0 Å². The first kappa shape index (κ1) is 19.7. The summed E-state index contributed by atoms with van der Waals surface area (Å²) in [4.78, 5) is 27.0. The lowest BCUT2D eigenvalue weighted by Crippen LogP contribution is -2.48. The molecule has 0 bridgehead atoms. The number of piperazine rings is 1. The molecule has 146 valence electrons. The molecule has 2 aromatic rings. The number of benzene rings is 2. The molecule has 0 radical (unpaired) electrons. The number of amides is 1. The van der Waals surface area contributed by atoms with Crippen molar-refractivity contribution in [2.45, 2.75) is 0 Å². The van der Waals surface area contributed by atoms with Gasteiger partial charge in [-0.3, -0.25) is 14.9 Å². The molecule has 2 aromatic carbocycles. The van der Waals surface area contributed by atoms with Crippen LogP contribution >= 0.6 is 11.6 Å². The number of nitrogens with zero attached hydrogens (tertiary/aromatic N) is 3. The molecule has 0 aliphatic carbocycles. The van der Waals surface area contributed by atoms with Gasteiger partial charge in [-0.25, -0.2) is 0 Å². The third-order valence-electron chi connectivity index (χ3n) is 4.60. The van der Waals surface area contributed by atoms with Crippen molar-refractivity contribution in [3.63, 3.8) is 0 Å². The van der Waals surface area contributed by atoms with E-state index in [0.717, 1.165) is 5.56 Å². The predicted molar refractivity (Wildman–Crippen MR) is 109 cm³/mol. The van der Waals surface area contributed by atoms with Crippen LogP contribution in [0, 0.1) is 10.1 Å². The number of carbonyl (C=O) groups excluding carboxylic acids is 1. The number of hydrogen-bond donors (Lipinski definition) is 0. The minimum absolute atomic E-state index is 0.00163. The lowest BCUT2D eigenvalue weighted by molar-refractivity contribution is -0.384. The van der Waals surface area contributed by atoms with Crippen LogP contribution in [-0.4, -0.2) is 49.0 Å². The lowest BCUT2D eigenvalue weighted by Gasteiger charge is -2.35. The number of anilines is 1. The van der Waals surface area contributed by atoms with Crippen molar-refractivity contribution in [3.8, 4) is 5.75 Å². The van der Waals surface area contributed by atoms with Crippen LogP contribution in [0.5, 0.6) is 5.75 Å². The van der Waals surface area contributed by atoms with Crippen molar-refractivity contribution in [1.29, 1.82) is 0 Å². The molecule has 1 saturated heterocycles. The van der Waals surface area contributed by atoms with Gasteiger partial charge in [0, 0.05) is 37.3 Å². The summed E-state index contributed by atoms with van der Waals surface area (Å²) in [6.07, 6.45) is 3.29. The van der Waals surface area contributed by atoms with Gasteiger partial charge in [-0.2, -0.15) is 0 Å². The molecule has 28 heavy (non-hydrogen) atoms. The van der Waals surface area contributed by atoms with E-state index < -0.39 is 4.92 Å². The fourth-order valence-electron chi connectivity index (χ4n) is 3.06. The van der Waals surface area contributed by atoms with E-state index >= 15 is 0 Å². The maximum atomic E-state index is 12.4. The van der Waals surface area contributed by atoms with Gasteiger partial charge < -0.3 is 14.5 Å². The van der Waals surface area contributed by atoms with Crippen molar-refractivity contribution in [3.05, 3.63) is 69.2 Å². The molecule has 3 rings (SSSR count). The summed E-state index contributed by atoms with van der Waals surface area (Å²) in [5, 5.41) is 12.0. The first-order valence-corrected chi connectivity index (χ1v) is 9.15. The summed E-state index contributed by atoms with van der Waals surface area (Å²) in [7, 11) is 1.47. The molecule has 1 heterocycles. The zero-order valence-corrected chi connectivity index (χ0v) is 16.1. The molecule has 1 aliphatic heterocycles. The van der Waals surface area contributed by atoms with Crippen LogP contribution in [0.4, 0.5) is 11.4 Å². The fraction of sp³-hybridized carbons (Fsp3) is 0.250. The van der Waals surface area contributed by atoms with Crippen molar-refractivity contribution in [2.24, 2.45) is 0 Å². The van der Waals surface area contributed by atoms with E-state index in [0.29, 0.717) is 42.6 Å². The number of rotatable bonds is 5. The SMILES string of the molecule is COc1ccc(N2CCN(C(=O)C=Cc3ccc(Cl)cc3)CC2)c([N+](=O)[O-])c1. The minimum Gasteiger partial charge on any atom is -0.496 e. The molecule has 1 amide bonds. The maximum Gasteiger partial charge on any atom is 0.296 e. The summed E-state index contributed by atoms with van der Waals surface area (Å²) in [5.41, 5.74) is 1.43. The molecule has 7 nitrogen and oxygen atoms in total. The molecule has 1 aliphatic rings. The van der Waals surface area contributed by atoms with Crippen LogP contribution < -0.4 is 9.64 Å². The van der Waals surface area contributed by atoms with Gasteiger partial charge in [0.05, 0.1) is 18.1 Å². The zero-order valence-electron chi connectivity index (χ0n) is 15.4. The molecule has 0 unspecified atom stereocenters. The van der Waals surface area contributed by atoms with E-state index in [1.165, 1.54) is 19.3 Å². The minimum atomic E-state index is -0.412. The smallest absolute Gasteiger partial charge is 0.296 e. The first-order chi connectivity index (χ1) is 13.5. The number of nitro groups is 1. The van der Waals surface area contributed by atoms with Crippen molar-refractivity contribution in [1.82, 2.24) is 4.90 Å². The highest BCUT2D eigenvalue weighted by molar-refractivity contribution is 6.30. The molecule has 0 spiro atoms. The number of halogens is 1. The largest absolute Gasteiger partial charge is 0.496 e. The van der Waals surface area contributed by atoms with Crippen LogP contribution in [0.1, 0.15) is 5.56 Å². The van der Waals surface area contributed by atoms with Crippen molar-refractivity contribution in [2.75, 3.05) is 38.2 Å². The standard InChI is InChI=1S/C20H20ClN3O4/c1-28-17-7-8-18(19(14-17)24(26)27)22-10-12-23(13-11-22)20(25)9-4-15-2-5-16(21)6-3-15/h2-9,14H,10-13H2,1H3. The van der Waals surface area contributed by atoms with Gasteiger partial charge in [-0.1, -0.05) is 23.7 Å². The number of hydrogen-bond acceptors (Lipinski definition) is 5. The van der Waals surface area contributed by atoms with Gasteiger partial charge in [-0.05, 0) is 35.9 Å². The summed E-state index contributed by atoms with van der Waals surface area (Å²) >= 11 is 5.85. The van der Waals surface area contributed by atoms with Crippen LogP contribution in [0.3, 0.4) is 0 Å². The van der Waals surface area contributed by atoms with E-state index in [-0.39, 0.29) is 11.6 Å². The highest BCUT2D eigenvalue weighted by atomic mass is 35.5. The van der Waals surface area contributed by atoms with Gasteiger partial charge in [0.25, 0.3) is 5.69 Å². The highest BCUT2D eigenvalue weighted by Crippen LogP contribution is 2.32. The van der Waals surface area contributed by atoms with Gasteiger partial charge >= 0.3 is 0 Å². The van der Waals surface area contributed by atoms with Crippen molar-refractivity contribution >= 4 is 35.0 Å². The highest BCUT2D eigenvalue weighted by Gasteiger charge is 2.25. The maximum absolute atomic E-state index is 12.4. The van der Waals surface area contributed by atoms with Gasteiger partial charge in [0.15, 0.2) is 0 Å². The summed E-state index contributed by atoms with van der Waals surface area (Å²) in [6, 6.07) is 12.0. The number of ether oxygens (including phenoxy) is 1. The Morgan fingerprint density at radius 3 is 2.43 bits per heavy atom. The van der Waals surface area contributed by atoms with E-state index in [2.05, 4.69) is 0 Å². The first-order valence-electron chi connectivity index (χ1n) is 8.78. The second kappa shape index (κ2) is 8.75. The van der Waals surface area contributed by atoms with Crippen LogP contribution in [0.25, 0.3) is 6.08 Å². The Hall–Kier alpha value is -3.06. The Morgan fingerprint density at radius 2 is 1.82 bits per heavy atom. The Balaban J connectivity index is 1.63. The monoisotopic (exact) mass is 401 g/mol. The van der Waals surface area contributed by atoms with E-state index in [1.807, 2.05) is 17.0 Å². The topological polar surface area (TPSA) is 75.9 Å². The molecule has 0 saturated carbocycles. The Bertz CT molecular complexity index is 891. The molecule has 0 aromatic heterocycles. The number of nitro benzene ring substituents is 1. The molecule has 0 N–H and O–H groups in total. The number of methoxy groups -OCH3 is 1.